The summed E-state index contributed by atoms with van der Waals surface area (Å²) in [5.41, 5.74) is 6.80. The quantitative estimate of drug-likeness (QED) is 0.393. The summed E-state index contributed by atoms with van der Waals surface area (Å²) < 4.78 is 0. The molecule has 1 aromatic heterocycles. The maximum absolute atomic E-state index is 12.4. The smallest absolute Gasteiger partial charge is 0.234 e. The molecule has 4 aromatic rings. The third-order valence-corrected chi connectivity index (χ3v) is 5.79. The number of carbonyl (C=O) groups excluding carboxylic acids is 1. The number of aromatic nitrogens is 3. The van der Waals surface area contributed by atoms with E-state index in [4.69, 9.17) is 10.2 Å². The molecule has 0 spiro atoms. The first-order chi connectivity index (χ1) is 16.0. The van der Waals surface area contributed by atoms with Crippen molar-refractivity contribution >= 4 is 23.4 Å². The molecule has 0 fully saturated rings. The maximum atomic E-state index is 12.4. The Balaban J connectivity index is 1.55. The molecule has 0 aliphatic carbocycles. The van der Waals surface area contributed by atoms with Crippen LogP contribution >= 0.6 is 11.8 Å². The zero-order valence-corrected chi connectivity index (χ0v) is 19.1. The van der Waals surface area contributed by atoms with Crippen molar-refractivity contribution < 1.29 is 4.79 Å². The average Bonchev–Trinajstić information content (AvgIpc) is 2.84. The molecular weight excluding hydrogens is 430 g/mol. The second-order valence-electron chi connectivity index (χ2n) is 7.55. The fourth-order valence-electron chi connectivity index (χ4n) is 3.15. The lowest BCUT2D eigenvalue weighted by molar-refractivity contribution is -0.113. The van der Waals surface area contributed by atoms with Crippen molar-refractivity contribution in [2.75, 3.05) is 11.1 Å². The summed E-state index contributed by atoms with van der Waals surface area (Å²) in [4.78, 5) is 17.1. The van der Waals surface area contributed by atoms with E-state index in [1.807, 2.05) is 62.4 Å². The third kappa shape index (κ3) is 5.62. The molecule has 0 aliphatic rings. The van der Waals surface area contributed by atoms with Gasteiger partial charge in [0.2, 0.25) is 11.1 Å². The van der Waals surface area contributed by atoms with Crippen LogP contribution in [0.5, 0.6) is 0 Å². The van der Waals surface area contributed by atoms with E-state index in [9.17, 15) is 4.79 Å². The highest BCUT2D eigenvalue weighted by Crippen LogP contribution is 2.30. The summed E-state index contributed by atoms with van der Waals surface area (Å²) in [6.07, 6.45) is 0. The summed E-state index contributed by atoms with van der Waals surface area (Å²) in [6.45, 7) is 4.08. The van der Waals surface area contributed by atoms with E-state index in [0.717, 1.165) is 27.9 Å². The molecule has 0 aliphatic heterocycles. The van der Waals surface area contributed by atoms with Gasteiger partial charge in [-0.25, -0.2) is 4.98 Å². The summed E-state index contributed by atoms with van der Waals surface area (Å²) >= 11 is 1.22. The Kier molecular flexibility index (Phi) is 6.77. The fourth-order valence-corrected chi connectivity index (χ4v) is 3.73. The SMILES string of the molecule is Cc1ccc(-c2nnc(SCC(=O)Nc3ccc(C#N)cc3)nc2-c2ccc(C)cc2)cc1. The highest BCUT2D eigenvalue weighted by Gasteiger charge is 2.15. The Labute approximate surface area is 196 Å². The van der Waals surface area contributed by atoms with Crippen molar-refractivity contribution in [3.05, 3.63) is 89.5 Å². The van der Waals surface area contributed by atoms with Gasteiger partial charge in [-0.05, 0) is 38.1 Å². The Hall–Kier alpha value is -4.02. The molecule has 162 valence electrons. The molecule has 3 aromatic carbocycles. The van der Waals surface area contributed by atoms with E-state index in [1.165, 1.54) is 11.8 Å². The van der Waals surface area contributed by atoms with Gasteiger partial charge in [0.25, 0.3) is 0 Å². The van der Waals surface area contributed by atoms with Gasteiger partial charge in [-0.3, -0.25) is 4.79 Å². The van der Waals surface area contributed by atoms with Gasteiger partial charge in [0.15, 0.2) is 0 Å². The zero-order valence-electron chi connectivity index (χ0n) is 18.2. The number of benzene rings is 3. The minimum atomic E-state index is -0.187. The number of hydrogen-bond acceptors (Lipinski definition) is 6. The van der Waals surface area contributed by atoms with Gasteiger partial charge in [-0.2, -0.15) is 5.26 Å². The van der Waals surface area contributed by atoms with Crippen LogP contribution in [0.15, 0.2) is 78.0 Å². The minimum absolute atomic E-state index is 0.138. The predicted octanol–water partition coefficient (Wildman–Crippen LogP) is 5.42. The van der Waals surface area contributed by atoms with Gasteiger partial charge in [0, 0.05) is 16.8 Å². The van der Waals surface area contributed by atoms with E-state index in [2.05, 4.69) is 21.6 Å². The highest BCUT2D eigenvalue weighted by molar-refractivity contribution is 7.99. The molecule has 0 saturated heterocycles. The van der Waals surface area contributed by atoms with Crippen LogP contribution in [0.2, 0.25) is 0 Å². The Morgan fingerprint density at radius 3 is 2.00 bits per heavy atom. The lowest BCUT2D eigenvalue weighted by Gasteiger charge is -2.10. The maximum Gasteiger partial charge on any atom is 0.234 e. The lowest BCUT2D eigenvalue weighted by Crippen LogP contribution is -2.14. The normalized spacial score (nSPS) is 10.5. The molecule has 0 bridgehead atoms. The largest absolute Gasteiger partial charge is 0.325 e. The van der Waals surface area contributed by atoms with E-state index < -0.39 is 0 Å². The van der Waals surface area contributed by atoms with Crippen molar-refractivity contribution in [1.29, 1.82) is 5.26 Å². The van der Waals surface area contributed by atoms with Gasteiger partial charge in [-0.1, -0.05) is 71.4 Å². The summed E-state index contributed by atoms with van der Waals surface area (Å²) in [5.74, 6) is -0.0494. The van der Waals surface area contributed by atoms with Crippen molar-refractivity contribution in [2.45, 2.75) is 19.0 Å². The van der Waals surface area contributed by atoms with Crippen LogP contribution in [0.1, 0.15) is 16.7 Å². The Morgan fingerprint density at radius 2 is 1.42 bits per heavy atom. The van der Waals surface area contributed by atoms with E-state index >= 15 is 0 Å². The Morgan fingerprint density at radius 1 is 0.848 bits per heavy atom. The van der Waals surface area contributed by atoms with Gasteiger partial charge in [-0.15, -0.1) is 10.2 Å². The van der Waals surface area contributed by atoms with E-state index in [0.29, 0.717) is 22.1 Å². The number of nitriles is 1. The molecule has 0 atom stereocenters. The summed E-state index contributed by atoms with van der Waals surface area (Å²) in [5, 5.41) is 20.9. The molecule has 6 nitrogen and oxygen atoms in total. The monoisotopic (exact) mass is 451 g/mol. The molecular formula is C26H21N5OS. The fraction of sp³-hybridized carbons (Fsp3) is 0.115. The third-order valence-electron chi connectivity index (χ3n) is 4.95. The van der Waals surface area contributed by atoms with Crippen LogP contribution in [0, 0.1) is 25.2 Å². The molecule has 1 N–H and O–H groups in total. The van der Waals surface area contributed by atoms with Crippen LogP contribution in [0.4, 0.5) is 5.69 Å². The van der Waals surface area contributed by atoms with Crippen LogP contribution in [0.3, 0.4) is 0 Å². The molecule has 1 heterocycles. The van der Waals surface area contributed by atoms with Crippen LogP contribution in [0.25, 0.3) is 22.5 Å². The molecule has 33 heavy (non-hydrogen) atoms. The average molecular weight is 452 g/mol. The number of carbonyl (C=O) groups is 1. The van der Waals surface area contributed by atoms with Gasteiger partial charge in [0.05, 0.1) is 17.4 Å². The first kappa shape index (κ1) is 22.2. The summed E-state index contributed by atoms with van der Waals surface area (Å²) in [6, 6.07) is 25.0. The van der Waals surface area contributed by atoms with Gasteiger partial charge in [0.1, 0.15) is 11.4 Å². The Bertz CT molecular complexity index is 1310. The zero-order chi connectivity index (χ0) is 23.2. The standard InChI is InChI=1S/C26H21N5OS/c1-17-3-9-20(10-4-17)24-25(21-11-5-18(2)6-12-21)30-31-26(29-24)33-16-23(32)28-22-13-7-19(15-27)8-14-22/h3-14H,16H2,1-2H3,(H,28,32). The van der Waals surface area contributed by atoms with Gasteiger partial charge < -0.3 is 5.32 Å². The first-order valence-corrected chi connectivity index (χ1v) is 11.3. The number of aryl methyl sites for hydroxylation is 2. The number of thioether (sulfide) groups is 1. The van der Waals surface area contributed by atoms with Gasteiger partial charge >= 0.3 is 0 Å². The number of rotatable bonds is 6. The van der Waals surface area contributed by atoms with Crippen molar-refractivity contribution in [1.82, 2.24) is 15.2 Å². The van der Waals surface area contributed by atoms with Crippen molar-refractivity contribution in [2.24, 2.45) is 0 Å². The number of amides is 1. The highest BCUT2D eigenvalue weighted by atomic mass is 32.2. The summed E-state index contributed by atoms with van der Waals surface area (Å²) in [7, 11) is 0. The van der Waals surface area contributed by atoms with Crippen LogP contribution in [-0.2, 0) is 4.79 Å². The second-order valence-corrected chi connectivity index (χ2v) is 8.49. The van der Waals surface area contributed by atoms with E-state index in [1.54, 1.807) is 24.3 Å². The molecule has 0 radical (unpaired) electrons. The molecule has 1 amide bonds. The lowest BCUT2D eigenvalue weighted by atomic mass is 10.0. The van der Waals surface area contributed by atoms with E-state index in [-0.39, 0.29) is 11.7 Å². The number of nitrogens with zero attached hydrogens (tertiary/aromatic N) is 4. The van der Waals surface area contributed by atoms with Crippen LogP contribution < -0.4 is 5.32 Å². The second kappa shape index (κ2) is 10.1. The topological polar surface area (TPSA) is 91.6 Å². The number of nitrogens with one attached hydrogen (secondary N) is 1. The number of hydrogen-bond donors (Lipinski definition) is 1. The van der Waals surface area contributed by atoms with Crippen molar-refractivity contribution in [3.8, 4) is 28.6 Å². The van der Waals surface area contributed by atoms with Crippen LogP contribution in [-0.4, -0.2) is 26.8 Å². The predicted molar refractivity (Wildman–Crippen MR) is 131 cm³/mol. The molecule has 0 saturated carbocycles. The number of anilines is 1. The first-order valence-electron chi connectivity index (χ1n) is 10.3. The van der Waals surface area contributed by atoms with Crippen molar-refractivity contribution in [3.63, 3.8) is 0 Å². The minimum Gasteiger partial charge on any atom is -0.325 e. The molecule has 4 rings (SSSR count). The molecule has 7 heteroatoms. The molecule has 0 unspecified atom stereocenters.